The number of amides is 1. The summed E-state index contributed by atoms with van der Waals surface area (Å²) >= 11 is 0. The van der Waals surface area contributed by atoms with Crippen molar-refractivity contribution in [1.82, 2.24) is 10.2 Å². The van der Waals surface area contributed by atoms with Crippen molar-refractivity contribution < 1.29 is 18.0 Å². The number of rotatable bonds is 4. The van der Waals surface area contributed by atoms with Gasteiger partial charge in [-0.25, -0.2) is 13.2 Å². The van der Waals surface area contributed by atoms with Crippen LogP contribution in [-0.2, 0) is 0 Å². The van der Waals surface area contributed by atoms with Gasteiger partial charge in [0.25, 0.3) is 5.91 Å². The Morgan fingerprint density at radius 3 is 2.35 bits per heavy atom. The van der Waals surface area contributed by atoms with Gasteiger partial charge in [0.15, 0.2) is 17.5 Å². The van der Waals surface area contributed by atoms with Crippen molar-refractivity contribution in [3.05, 3.63) is 35.1 Å². The molecule has 1 fully saturated rings. The van der Waals surface area contributed by atoms with E-state index >= 15 is 0 Å². The molecule has 110 valence electrons. The van der Waals surface area contributed by atoms with Crippen LogP contribution in [0.5, 0.6) is 0 Å². The maximum Gasteiger partial charge on any atom is 0.251 e. The third-order valence-corrected chi connectivity index (χ3v) is 3.35. The monoisotopic (exact) mass is 286 g/mol. The van der Waals surface area contributed by atoms with Crippen molar-refractivity contribution in [2.75, 3.05) is 19.6 Å². The number of hydrogen-bond acceptors (Lipinski definition) is 2. The van der Waals surface area contributed by atoms with E-state index in [1.54, 1.807) is 0 Å². The lowest BCUT2D eigenvalue weighted by Crippen LogP contribution is -2.41. The van der Waals surface area contributed by atoms with E-state index in [-0.39, 0.29) is 11.6 Å². The average Bonchev–Trinajstić information content (AvgIpc) is 2.87. The summed E-state index contributed by atoms with van der Waals surface area (Å²) in [4.78, 5) is 14.1. The summed E-state index contributed by atoms with van der Waals surface area (Å²) in [5.41, 5.74) is -0.213. The molecular weight excluding hydrogens is 269 g/mol. The highest BCUT2D eigenvalue weighted by Gasteiger charge is 2.19. The predicted molar refractivity (Wildman–Crippen MR) is 68.9 cm³/mol. The number of nitrogens with one attached hydrogen (secondary N) is 1. The van der Waals surface area contributed by atoms with Crippen molar-refractivity contribution in [3.8, 4) is 0 Å². The normalized spacial score (nSPS) is 17.2. The van der Waals surface area contributed by atoms with Gasteiger partial charge in [-0.3, -0.25) is 4.79 Å². The molecule has 1 heterocycles. The fraction of sp³-hybridized carbons (Fsp3) is 0.500. The molecule has 0 aromatic heterocycles. The van der Waals surface area contributed by atoms with Crippen LogP contribution in [0.15, 0.2) is 12.1 Å². The Kier molecular flexibility index (Phi) is 4.65. The van der Waals surface area contributed by atoms with Crippen LogP contribution in [-0.4, -0.2) is 36.5 Å². The molecule has 0 aliphatic carbocycles. The first kappa shape index (κ1) is 14.8. The molecule has 1 amide bonds. The Morgan fingerprint density at radius 1 is 1.25 bits per heavy atom. The van der Waals surface area contributed by atoms with Crippen molar-refractivity contribution in [2.45, 2.75) is 25.8 Å². The fourth-order valence-electron chi connectivity index (χ4n) is 2.39. The number of halogens is 3. The van der Waals surface area contributed by atoms with Gasteiger partial charge in [-0.15, -0.1) is 0 Å². The smallest absolute Gasteiger partial charge is 0.251 e. The van der Waals surface area contributed by atoms with Gasteiger partial charge in [0.1, 0.15) is 0 Å². The molecular formula is C14H17F3N2O. The van der Waals surface area contributed by atoms with Gasteiger partial charge in [0.05, 0.1) is 0 Å². The van der Waals surface area contributed by atoms with Crippen LogP contribution in [0.25, 0.3) is 0 Å². The quantitative estimate of drug-likeness (QED) is 0.862. The highest BCUT2D eigenvalue weighted by atomic mass is 19.2. The summed E-state index contributed by atoms with van der Waals surface area (Å²) in [5.74, 6) is -4.88. The standard InChI is InChI=1S/C14H17F3N2O/c1-9(8-19-4-2-3-5-19)18-14(20)10-6-11(15)13(17)12(16)7-10/h6-7,9H,2-5,8H2,1H3,(H,18,20). The van der Waals surface area contributed by atoms with Gasteiger partial charge in [-0.2, -0.15) is 0 Å². The third-order valence-electron chi connectivity index (χ3n) is 3.35. The van der Waals surface area contributed by atoms with E-state index < -0.39 is 23.4 Å². The topological polar surface area (TPSA) is 32.3 Å². The van der Waals surface area contributed by atoms with Crippen molar-refractivity contribution in [1.29, 1.82) is 0 Å². The summed E-state index contributed by atoms with van der Waals surface area (Å²) in [6.45, 7) is 4.52. The van der Waals surface area contributed by atoms with Gasteiger partial charge in [-0.1, -0.05) is 0 Å². The molecule has 1 saturated heterocycles. The largest absolute Gasteiger partial charge is 0.348 e. The number of hydrogen-bond donors (Lipinski definition) is 1. The van der Waals surface area contributed by atoms with Crippen molar-refractivity contribution in [2.24, 2.45) is 0 Å². The summed E-state index contributed by atoms with van der Waals surface area (Å²) in [6, 6.07) is 1.27. The molecule has 0 spiro atoms. The molecule has 2 rings (SSSR count). The van der Waals surface area contributed by atoms with E-state index in [0.717, 1.165) is 25.9 Å². The molecule has 0 saturated carbocycles. The minimum absolute atomic E-state index is 0.142. The Balaban J connectivity index is 1.97. The Labute approximate surface area is 115 Å². The van der Waals surface area contributed by atoms with Crippen molar-refractivity contribution in [3.63, 3.8) is 0 Å². The lowest BCUT2D eigenvalue weighted by Gasteiger charge is -2.21. The molecule has 20 heavy (non-hydrogen) atoms. The van der Waals surface area contributed by atoms with Crippen molar-refractivity contribution >= 4 is 5.91 Å². The van der Waals surface area contributed by atoms with Crippen LogP contribution in [0.4, 0.5) is 13.2 Å². The summed E-state index contributed by atoms with van der Waals surface area (Å²) in [5, 5.41) is 2.66. The van der Waals surface area contributed by atoms with E-state index in [1.807, 2.05) is 6.92 Å². The minimum atomic E-state index is -1.56. The highest BCUT2D eigenvalue weighted by molar-refractivity contribution is 5.94. The zero-order valence-electron chi connectivity index (χ0n) is 11.3. The highest BCUT2D eigenvalue weighted by Crippen LogP contribution is 2.14. The lowest BCUT2D eigenvalue weighted by molar-refractivity contribution is 0.0930. The molecule has 0 bridgehead atoms. The fourth-order valence-corrected chi connectivity index (χ4v) is 2.39. The van der Waals surface area contributed by atoms with Crippen LogP contribution in [0, 0.1) is 17.5 Å². The maximum atomic E-state index is 13.1. The van der Waals surface area contributed by atoms with Crippen LogP contribution in [0.2, 0.25) is 0 Å². The van der Waals surface area contributed by atoms with Gasteiger partial charge < -0.3 is 10.2 Å². The van der Waals surface area contributed by atoms with Gasteiger partial charge in [0, 0.05) is 18.2 Å². The van der Waals surface area contributed by atoms with Gasteiger partial charge >= 0.3 is 0 Å². The van der Waals surface area contributed by atoms with Crippen LogP contribution >= 0.6 is 0 Å². The first-order valence-electron chi connectivity index (χ1n) is 6.65. The Morgan fingerprint density at radius 2 is 1.80 bits per heavy atom. The van der Waals surface area contributed by atoms with Crippen LogP contribution in [0.3, 0.4) is 0 Å². The first-order valence-corrected chi connectivity index (χ1v) is 6.65. The number of nitrogens with zero attached hydrogens (tertiary/aromatic N) is 1. The molecule has 1 unspecified atom stereocenters. The minimum Gasteiger partial charge on any atom is -0.348 e. The maximum absolute atomic E-state index is 13.1. The Bertz CT molecular complexity index is 478. The number of carbonyl (C=O) groups excluding carboxylic acids is 1. The zero-order chi connectivity index (χ0) is 14.7. The molecule has 1 aromatic carbocycles. The summed E-state index contributed by atoms with van der Waals surface area (Å²) < 4.78 is 38.9. The molecule has 1 aliphatic heterocycles. The second-order valence-electron chi connectivity index (χ2n) is 5.14. The second-order valence-corrected chi connectivity index (χ2v) is 5.14. The first-order chi connectivity index (χ1) is 9.47. The molecule has 1 N–H and O–H groups in total. The number of carbonyl (C=O) groups is 1. The van der Waals surface area contributed by atoms with E-state index in [0.29, 0.717) is 18.7 Å². The SMILES string of the molecule is CC(CN1CCCC1)NC(=O)c1cc(F)c(F)c(F)c1. The lowest BCUT2D eigenvalue weighted by atomic mass is 10.1. The second kappa shape index (κ2) is 6.26. The molecule has 6 heteroatoms. The number of benzene rings is 1. The van der Waals surface area contributed by atoms with E-state index in [4.69, 9.17) is 0 Å². The molecule has 1 aromatic rings. The van der Waals surface area contributed by atoms with E-state index in [9.17, 15) is 18.0 Å². The van der Waals surface area contributed by atoms with E-state index in [2.05, 4.69) is 10.2 Å². The number of likely N-dealkylation sites (tertiary alicyclic amines) is 1. The summed E-state index contributed by atoms with van der Waals surface area (Å²) in [7, 11) is 0. The molecule has 1 aliphatic rings. The molecule has 1 atom stereocenters. The summed E-state index contributed by atoms with van der Waals surface area (Å²) in [6.07, 6.45) is 2.30. The van der Waals surface area contributed by atoms with Gasteiger partial charge in [0.2, 0.25) is 0 Å². The Hall–Kier alpha value is -1.56. The van der Waals surface area contributed by atoms with Gasteiger partial charge in [-0.05, 0) is 45.0 Å². The molecule has 3 nitrogen and oxygen atoms in total. The predicted octanol–water partition coefficient (Wildman–Crippen LogP) is 2.32. The van der Waals surface area contributed by atoms with Crippen LogP contribution in [0.1, 0.15) is 30.1 Å². The molecule has 0 radical (unpaired) electrons. The van der Waals surface area contributed by atoms with Crippen LogP contribution < -0.4 is 5.32 Å². The zero-order valence-corrected chi connectivity index (χ0v) is 11.3. The average molecular weight is 286 g/mol. The van der Waals surface area contributed by atoms with E-state index in [1.165, 1.54) is 0 Å². The third kappa shape index (κ3) is 3.50.